The van der Waals surface area contributed by atoms with Crippen LogP contribution in [0.1, 0.15) is 17.5 Å². The molecule has 0 radical (unpaired) electrons. The highest BCUT2D eigenvalue weighted by Crippen LogP contribution is 2.21. The minimum atomic E-state index is -0.151. The second-order valence-electron chi connectivity index (χ2n) is 4.74. The molecule has 3 rings (SSSR count). The molecule has 0 bridgehead atoms. The van der Waals surface area contributed by atoms with Gasteiger partial charge in [-0.2, -0.15) is 4.98 Å². The molecule has 2 N–H and O–H groups in total. The first kappa shape index (κ1) is 14.0. The van der Waals surface area contributed by atoms with Crippen LogP contribution in [0, 0.1) is 0 Å². The first-order valence-corrected chi connectivity index (χ1v) is 7.41. The molecule has 0 aliphatic carbocycles. The van der Waals surface area contributed by atoms with Crippen molar-refractivity contribution in [1.82, 2.24) is 10.1 Å². The van der Waals surface area contributed by atoms with Gasteiger partial charge >= 0.3 is 0 Å². The number of hydrogen-bond acceptors (Lipinski definition) is 4. The summed E-state index contributed by atoms with van der Waals surface area (Å²) in [7, 11) is 0. The van der Waals surface area contributed by atoms with Gasteiger partial charge in [0.1, 0.15) is 0 Å². The van der Waals surface area contributed by atoms with Gasteiger partial charge in [-0.1, -0.05) is 63.6 Å². The van der Waals surface area contributed by atoms with Crippen LogP contribution in [-0.4, -0.2) is 10.1 Å². The molecule has 2 aromatic carbocycles. The molecule has 0 aliphatic rings. The summed E-state index contributed by atoms with van der Waals surface area (Å²) < 4.78 is 6.27. The van der Waals surface area contributed by atoms with Crippen molar-refractivity contribution in [3.05, 3.63) is 70.5 Å². The summed E-state index contributed by atoms with van der Waals surface area (Å²) in [5, 5.41) is 4.01. The van der Waals surface area contributed by atoms with Crippen molar-refractivity contribution in [2.75, 3.05) is 0 Å². The average molecular weight is 344 g/mol. The van der Waals surface area contributed by atoms with Crippen LogP contribution >= 0.6 is 15.9 Å². The maximum absolute atomic E-state index is 6.16. The molecule has 0 saturated carbocycles. The van der Waals surface area contributed by atoms with Crippen molar-refractivity contribution in [3.8, 4) is 11.4 Å². The van der Waals surface area contributed by atoms with Gasteiger partial charge in [0.2, 0.25) is 11.7 Å². The Labute approximate surface area is 131 Å². The van der Waals surface area contributed by atoms with E-state index in [9.17, 15) is 0 Å². The Balaban J connectivity index is 1.76. The number of aromatic nitrogens is 2. The fourth-order valence-corrected chi connectivity index (χ4v) is 2.49. The van der Waals surface area contributed by atoms with E-state index in [1.165, 1.54) is 0 Å². The van der Waals surface area contributed by atoms with Gasteiger partial charge in [0, 0.05) is 22.5 Å². The quantitative estimate of drug-likeness (QED) is 0.783. The van der Waals surface area contributed by atoms with Crippen LogP contribution in [0.5, 0.6) is 0 Å². The van der Waals surface area contributed by atoms with E-state index in [1.807, 2.05) is 54.6 Å². The number of halogens is 1. The van der Waals surface area contributed by atoms with Crippen LogP contribution in [0.15, 0.2) is 63.6 Å². The third kappa shape index (κ3) is 3.37. The summed E-state index contributed by atoms with van der Waals surface area (Å²) in [6, 6.07) is 17.5. The Morgan fingerprint density at radius 1 is 1.10 bits per heavy atom. The normalized spacial score (nSPS) is 12.3. The van der Waals surface area contributed by atoms with Crippen molar-refractivity contribution < 1.29 is 4.52 Å². The molecule has 1 heterocycles. The maximum Gasteiger partial charge on any atom is 0.228 e. The second kappa shape index (κ2) is 6.20. The molecule has 1 aromatic heterocycles. The lowest BCUT2D eigenvalue weighted by Gasteiger charge is -2.08. The fraction of sp³-hybridized carbons (Fsp3) is 0.125. The minimum Gasteiger partial charge on any atom is -0.339 e. The summed E-state index contributed by atoms with van der Waals surface area (Å²) in [6.07, 6.45) is 0.519. The van der Waals surface area contributed by atoms with Gasteiger partial charge in [0.05, 0.1) is 0 Å². The zero-order chi connectivity index (χ0) is 14.7. The summed E-state index contributed by atoms with van der Waals surface area (Å²) in [4.78, 5) is 4.41. The molecule has 3 aromatic rings. The van der Waals surface area contributed by atoms with Crippen molar-refractivity contribution >= 4 is 15.9 Å². The minimum absolute atomic E-state index is 0.151. The smallest absolute Gasteiger partial charge is 0.228 e. The fourth-order valence-electron chi connectivity index (χ4n) is 2.09. The molecular weight excluding hydrogens is 330 g/mol. The monoisotopic (exact) mass is 343 g/mol. The first-order valence-electron chi connectivity index (χ1n) is 6.61. The first-order chi connectivity index (χ1) is 10.2. The predicted molar refractivity (Wildman–Crippen MR) is 84.5 cm³/mol. The van der Waals surface area contributed by atoms with Crippen LogP contribution in [-0.2, 0) is 6.42 Å². The lowest BCUT2D eigenvalue weighted by molar-refractivity contribution is 0.370. The van der Waals surface area contributed by atoms with Crippen LogP contribution in [0.4, 0.5) is 0 Å². The molecule has 0 saturated heterocycles. The summed E-state index contributed by atoms with van der Waals surface area (Å²) in [6.45, 7) is 0. The van der Waals surface area contributed by atoms with Crippen molar-refractivity contribution in [2.45, 2.75) is 12.5 Å². The van der Waals surface area contributed by atoms with Gasteiger partial charge in [-0.05, 0) is 17.7 Å². The van der Waals surface area contributed by atoms with Gasteiger partial charge in [0.25, 0.3) is 0 Å². The molecule has 0 fully saturated rings. The van der Waals surface area contributed by atoms with E-state index in [0.717, 1.165) is 15.6 Å². The SMILES string of the molecule is NC(Cc1nc(-c2cccc(Br)c2)no1)c1ccccc1. The van der Waals surface area contributed by atoms with Gasteiger partial charge in [-0.3, -0.25) is 0 Å². The molecule has 106 valence electrons. The zero-order valence-corrected chi connectivity index (χ0v) is 12.8. The van der Waals surface area contributed by atoms with Crippen LogP contribution in [0.2, 0.25) is 0 Å². The maximum atomic E-state index is 6.16. The number of nitrogens with zero attached hydrogens (tertiary/aromatic N) is 2. The summed E-state index contributed by atoms with van der Waals surface area (Å²) >= 11 is 3.43. The third-order valence-electron chi connectivity index (χ3n) is 3.17. The molecule has 5 heteroatoms. The number of rotatable bonds is 4. The Bertz CT molecular complexity index is 727. The third-order valence-corrected chi connectivity index (χ3v) is 3.67. The van der Waals surface area contributed by atoms with E-state index < -0.39 is 0 Å². The van der Waals surface area contributed by atoms with E-state index >= 15 is 0 Å². The predicted octanol–water partition coefficient (Wildman–Crippen LogP) is 3.74. The summed E-state index contributed by atoms with van der Waals surface area (Å²) in [5.41, 5.74) is 8.13. The zero-order valence-electron chi connectivity index (χ0n) is 11.2. The number of benzene rings is 2. The topological polar surface area (TPSA) is 64.9 Å². The largest absolute Gasteiger partial charge is 0.339 e. The summed E-state index contributed by atoms with van der Waals surface area (Å²) in [5.74, 6) is 1.12. The van der Waals surface area contributed by atoms with E-state index in [1.54, 1.807) is 0 Å². The van der Waals surface area contributed by atoms with E-state index in [4.69, 9.17) is 10.3 Å². The Kier molecular flexibility index (Phi) is 4.13. The molecule has 0 aliphatic heterocycles. The molecule has 1 unspecified atom stereocenters. The van der Waals surface area contributed by atoms with E-state index in [-0.39, 0.29) is 6.04 Å². The molecule has 0 spiro atoms. The standard InChI is InChI=1S/C16H14BrN3O/c17-13-8-4-7-12(9-13)16-19-15(21-20-16)10-14(18)11-5-2-1-3-6-11/h1-9,14H,10,18H2. The second-order valence-corrected chi connectivity index (χ2v) is 5.66. The van der Waals surface area contributed by atoms with Crippen LogP contribution in [0.25, 0.3) is 11.4 Å². The molecule has 4 nitrogen and oxygen atoms in total. The lowest BCUT2D eigenvalue weighted by atomic mass is 10.1. The van der Waals surface area contributed by atoms with Crippen molar-refractivity contribution in [1.29, 1.82) is 0 Å². The highest BCUT2D eigenvalue weighted by atomic mass is 79.9. The molecule has 0 amide bonds. The van der Waals surface area contributed by atoms with Gasteiger partial charge in [-0.15, -0.1) is 0 Å². The molecule has 1 atom stereocenters. The Morgan fingerprint density at radius 2 is 1.90 bits per heavy atom. The number of nitrogens with two attached hydrogens (primary N) is 1. The Morgan fingerprint density at radius 3 is 2.67 bits per heavy atom. The Hall–Kier alpha value is -1.98. The van der Waals surface area contributed by atoms with Gasteiger partial charge < -0.3 is 10.3 Å². The number of hydrogen-bond donors (Lipinski definition) is 1. The average Bonchev–Trinajstić information content (AvgIpc) is 2.97. The highest BCUT2D eigenvalue weighted by Gasteiger charge is 2.13. The van der Waals surface area contributed by atoms with Crippen LogP contribution in [0.3, 0.4) is 0 Å². The molecule has 21 heavy (non-hydrogen) atoms. The highest BCUT2D eigenvalue weighted by molar-refractivity contribution is 9.10. The molecular formula is C16H14BrN3O. The van der Waals surface area contributed by atoms with E-state index in [0.29, 0.717) is 18.1 Å². The van der Waals surface area contributed by atoms with Crippen molar-refractivity contribution in [2.24, 2.45) is 5.73 Å². The van der Waals surface area contributed by atoms with Crippen LogP contribution < -0.4 is 5.73 Å². The van der Waals surface area contributed by atoms with Gasteiger partial charge in [-0.25, -0.2) is 0 Å². The van der Waals surface area contributed by atoms with Crippen molar-refractivity contribution in [3.63, 3.8) is 0 Å². The lowest BCUT2D eigenvalue weighted by Crippen LogP contribution is -2.13. The van der Waals surface area contributed by atoms with E-state index in [2.05, 4.69) is 26.1 Å². The van der Waals surface area contributed by atoms with Gasteiger partial charge in [0.15, 0.2) is 0 Å².